The fraction of sp³-hybridized carbons (Fsp3) is 0.133. The summed E-state index contributed by atoms with van der Waals surface area (Å²) in [5.74, 6) is -0.395. The van der Waals surface area contributed by atoms with Crippen LogP contribution in [-0.2, 0) is 6.42 Å². The van der Waals surface area contributed by atoms with Gasteiger partial charge in [0.1, 0.15) is 0 Å². The lowest BCUT2D eigenvalue weighted by Gasteiger charge is -2.09. The molecule has 0 saturated carbocycles. The van der Waals surface area contributed by atoms with E-state index in [-0.39, 0.29) is 0 Å². The Kier molecular flexibility index (Phi) is 3.82. The van der Waals surface area contributed by atoms with E-state index >= 15 is 0 Å². The van der Waals surface area contributed by atoms with E-state index in [2.05, 4.69) is 35.0 Å². The number of amides is 1. The molecule has 2 aromatic rings. The van der Waals surface area contributed by atoms with Crippen LogP contribution in [0.25, 0.3) is 11.1 Å². The summed E-state index contributed by atoms with van der Waals surface area (Å²) in [6.45, 7) is 2.13. The summed E-state index contributed by atoms with van der Waals surface area (Å²) in [5, 5.41) is 0. The van der Waals surface area contributed by atoms with E-state index in [1.54, 1.807) is 12.1 Å². The normalized spacial score (nSPS) is 10.3. The summed E-state index contributed by atoms with van der Waals surface area (Å²) in [7, 11) is 0. The summed E-state index contributed by atoms with van der Waals surface area (Å²) in [4.78, 5) is 11.0. The van der Waals surface area contributed by atoms with Crippen LogP contribution in [0.3, 0.4) is 0 Å². The van der Waals surface area contributed by atoms with E-state index in [0.29, 0.717) is 5.56 Å². The molecular formula is C15H14BrNO. The molecule has 0 bridgehead atoms. The van der Waals surface area contributed by atoms with Crippen LogP contribution in [0.2, 0.25) is 0 Å². The Bertz CT molecular complexity index is 576. The summed E-state index contributed by atoms with van der Waals surface area (Å²) in [6, 6.07) is 13.6. The molecule has 0 aliphatic heterocycles. The largest absolute Gasteiger partial charge is 0.366 e. The molecule has 1 amide bonds. The number of halogens is 1. The summed E-state index contributed by atoms with van der Waals surface area (Å²) in [6.07, 6.45) is 0.965. The fourth-order valence-corrected chi connectivity index (χ4v) is 2.36. The van der Waals surface area contributed by atoms with Gasteiger partial charge < -0.3 is 5.73 Å². The Morgan fingerprint density at radius 2 is 1.83 bits per heavy atom. The van der Waals surface area contributed by atoms with Crippen molar-refractivity contribution >= 4 is 21.8 Å². The number of benzene rings is 2. The summed E-state index contributed by atoms with van der Waals surface area (Å²) in [5.41, 5.74) is 9.34. The van der Waals surface area contributed by atoms with Gasteiger partial charge in [0.25, 0.3) is 0 Å². The van der Waals surface area contributed by atoms with Gasteiger partial charge in [0, 0.05) is 10.0 Å². The van der Waals surface area contributed by atoms with E-state index < -0.39 is 5.91 Å². The van der Waals surface area contributed by atoms with E-state index in [9.17, 15) is 4.79 Å². The first-order valence-electron chi connectivity index (χ1n) is 5.80. The third-order valence-electron chi connectivity index (χ3n) is 2.93. The second kappa shape index (κ2) is 5.36. The number of carbonyl (C=O) groups is 1. The molecule has 0 spiro atoms. The smallest absolute Gasteiger partial charge is 0.248 e. The van der Waals surface area contributed by atoms with Crippen LogP contribution in [-0.4, -0.2) is 5.91 Å². The maximum Gasteiger partial charge on any atom is 0.248 e. The predicted octanol–water partition coefficient (Wildman–Crippen LogP) is 3.78. The van der Waals surface area contributed by atoms with Crippen LogP contribution in [0.1, 0.15) is 22.8 Å². The van der Waals surface area contributed by atoms with Gasteiger partial charge in [-0.2, -0.15) is 0 Å². The van der Waals surface area contributed by atoms with Crippen LogP contribution in [0.4, 0.5) is 0 Å². The molecule has 0 aliphatic rings. The van der Waals surface area contributed by atoms with Crippen LogP contribution < -0.4 is 5.73 Å². The third-order valence-corrected chi connectivity index (χ3v) is 3.42. The van der Waals surface area contributed by atoms with Crippen molar-refractivity contribution in [2.75, 3.05) is 0 Å². The van der Waals surface area contributed by atoms with E-state index in [0.717, 1.165) is 16.5 Å². The third kappa shape index (κ3) is 2.62. The van der Waals surface area contributed by atoms with Crippen molar-refractivity contribution in [3.63, 3.8) is 0 Å². The number of hydrogen-bond acceptors (Lipinski definition) is 1. The Morgan fingerprint density at radius 3 is 2.39 bits per heavy atom. The standard InChI is InChI=1S/C15H14BrNO/c1-2-10-9-13(16)7-8-14(10)11-3-5-12(6-4-11)15(17)18/h3-9H,2H2,1H3,(H2,17,18). The Balaban J connectivity index is 2.45. The molecule has 0 radical (unpaired) electrons. The molecule has 0 aliphatic carbocycles. The zero-order valence-corrected chi connectivity index (χ0v) is 11.7. The van der Waals surface area contributed by atoms with Crippen molar-refractivity contribution < 1.29 is 4.79 Å². The minimum Gasteiger partial charge on any atom is -0.366 e. The van der Waals surface area contributed by atoms with Gasteiger partial charge in [0.2, 0.25) is 5.91 Å². The maximum atomic E-state index is 11.0. The molecule has 0 unspecified atom stereocenters. The molecule has 92 valence electrons. The average molecular weight is 304 g/mol. The first kappa shape index (κ1) is 12.8. The monoisotopic (exact) mass is 303 g/mol. The van der Waals surface area contributed by atoms with Gasteiger partial charge >= 0.3 is 0 Å². The van der Waals surface area contributed by atoms with Gasteiger partial charge in [0.15, 0.2) is 0 Å². The van der Waals surface area contributed by atoms with Gasteiger partial charge in [-0.1, -0.05) is 41.1 Å². The molecule has 2 nitrogen and oxygen atoms in total. The van der Waals surface area contributed by atoms with Crippen molar-refractivity contribution in [1.29, 1.82) is 0 Å². The molecule has 2 N–H and O–H groups in total. The van der Waals surface area contributed by atoms with Crippen molar-refractivity contribution in [3.05, 3.63) is 58.1 Å². The van der Waals surface area contributed by atoms with Crippen molar-refractivity contribution in [2.24, 2.45) is 5.73 Å². The lowest BCUT2D eigenvalue weighted by molar-refractivity contribution is 0.100. The Labute approximate surface area is 115 Å². The Hall–Kier alpha value is -1.61. The quantitative estimate of drug-likeness (QED) is 0.921. The highest BCUT2D eigenvalue weighted by Crippen LogP contribution is 2.27. The summed E-state index contributed by atoms with van der Waals surface area (Å²) >= 11 is 3.48. The predicted molar refractivity (Wildman–Crippen MR) is 77.5 cm³/mol. The number of rotatable bonds is 3. The number of hydrogen-bond donors (Lipinski definition) is 1. The minimum atomic E-state index is -0.395. The molecule has 2 rings (SSSR count). The maximum absolute atomic E-state index is 11.0. The van der Waals surface area contributed by atoms with Crippen molar-refractivity contribution in [3.8, 4) is 11.1 Å². The highest BCUT2D eigenvalue weighted by Gasteiger charge is 2.06. The van der Waals surface area contributed by atoms with Gasteiger partial charge in [-0.05, 0) is 47.4 Å². The SMILES string of the molecule is CCc1cc(Br)ccc1-c1ccc(C(N)=O)cc1. The second-order valence-corrected chi connectivity index (χ2v) is 5.01. The first-order valence-corrected chi connectivity index (χ1v) is 6.59. The van der Waals surface area contributed by atoms with Gasteiger partial charge in [0.05, 0.1) is 0 Å². The van der Waals surface area contributed by atoms with Crippen molar-refractivity contribution in [1.82, 2.24) is 0 Å². The molecule has 0 aromatic heterocycles. The van der Waals surface area contributed by atoms with Crippen LogP contribution in [0.5, 0.6) is 0 Å². The average Bonchev–Trinajstić information content (AvgIpc) is 2.38. The van der Waals surface area contributed by atoms with E-state index in [1.165, 1.54) is 11.1 Å². The number of carbonyl (C=O) groups excluding carboxylic acids is 1. The first-order chi connectivity index (χ1) is 8.61. The van der Waals surface area contributed by atoms with E-state index in [4.69, 9.17) is 5.73 Å². The van der Waals surface area contributed by atoms with Gasteiger partial charge in [-0.15, -0.1) is 0 Å². The minimum absolute atomic E-state index is 0.395. The van der Waals surface area contributed by atoms with Crippen LogP contribution in [0.15, 0.2) is 46.9 Å². The lowest BCUT2D eigenvalue weighted by atomic mass is 9.97. The Morgan fingerprint density at radius 1 is 1.17 bits per heavy atom. The molecular weight excluding hydrogens is 290 g/mol. The topological polar surface area (TPSA) is 43.1 Å². The lowest BCUT2D eigenvalue weighted by Crippen LogP contribution is -2.10. The highest BCUT2D eigenvalue weighted by molar-refractivity contribution is 9.10. The second-order valence-electron chi connectivity index (χ2n) is 4.10. The molecule has 18 heavy (non-hydrogen) atoms. The molecule has 0 saturated heterocycles. The number of aryl methyl sites for hydroxylation is 1. The zero-order valence-electron chi connectivity index (χ0n) is 10.1. The molecule has 2 aromatic carbocycles. The number of primary amides is 1. The molecule has 0 heterocycles. The fourth-order valence-electron chi connectivity index (χ4n) is 1.95. The highest BCUT2D eigenvalue weighted by atomic mass is 79.9. The van der Waals surface area contributed by atoms with Gasteiger partial charge in [-0.3, -0.25) is 4.79 Å². The van der Waals surface area contributed by atoms with E-state index in [1.807, 2.05) is 18.2 Å². The number of nitrogens with two attached hydrogens (primary N) is 1. The van der Waals surface area contributed by atoms with Crippen molar-refractivity contribution in [2.45, 2.75) is 13.3 Å². The van der Waals surface area contributed by atoms with Gasteiger partial charge in [-0.25, -0.2) is 0 Å². The molecule has 0 fully saturated rings. The molecule has 3 heteroatoms. The summed E-state index contributed by atoms with van der Waals surface area (Å²) < 4.78 is 1.08. The van der Waals surface area contributed by atoms with Crippen LogP contribution >= 0.6 is 15.9 Å². The van der Waals surface area contributed by atoms with Crippen LogP contribution in [0, 0.1) is 0 Å². The molecule has 0 atom stereocenters. The zero-order chi connectivity index (χ0) is 13.1.